The number of alkyl halides is 3. The van der Waals surface area contributed by atoms with Crippen LogP contribution in [-0.2, 0) is 10.0 Å². The molecule has 1 aromatic rings. The summed E-state index contributed by atoms with van der Waals surface area (Å²) in [4.78, 5) is -0.0153. The average Bonchev–Trinajstić information content (AvgIpc) is 2.46. The maximum absolute atomic E-state index is 12.4. The average molecular weight is 354 g/mol. The number of sulfonamides is 1. The monoisotopic (exact) mass is 354 g/mol. The summed E-state index contributed by atoms with van der Waals surface area (Å²) >= 11 is -0.263. The van der Waals surface area contributed by atoms with Crippen LogP contribution in [0.2, 0.25) is 0 Å². The van der Waals surface area contributed by atoms with E-state index in [1.165, 1.54) is 28.6 Å². The molecule has 1 aromatic carbocycles. The summed E-state index contributed by atoms with van der Waals surface area (Å²) in [5.41, 5.74) is 1.19. The van der Waals surface area contributed by atoms with Crippen LogP contribution >= 0.6 is 11.8 Å². The van der Waals surface area contributed by atoms with Crippen LogP contribution in [0.25, 0.3) is 0 Å². The van der Waals surface area contributed by atoms with E-state index >= 15 is 0 Å². The summed E-state index contributed by atoms with van der Waals surface area (Å²) in [6.45, 7) is 1.32. The lowest BCUT2D eigenvalue weighted by Gasteiger charge is -2.30. The smallest absolute Gasteiger partial charge is 0.330 e. The SMILES string of the molecule is NCC1CCN(S(=O)(=O)c2ccc(SC(F)(F)F)cc2)CC1. The summed E-state index contributed by atoms with van der Waals surface area (Å²) < 4.78 is 63.0. The third kappa shape index (κ3) is 4.37. The fourth-order valence-corrected chi connectivity index (χ4v) is 4.36. The zero-order valence-corrected chi connectivity index (χ0v) is 13.3. The zero-order valence-electron chi connectivity index (χ0n) is 11.7. The van der Waals surface area contributed by atoms with Gasteiger partial charge in [-0.3, -0.25) is 0 Å². The molecule has 22 heavy (non-hydrogen) atoms. The van der Waals surface area contributed by atoms with E-state index in [1.807, 2.05) is 0 Å². The Labute approximate surface area is 131 Å². The summed E-state index contributed by atoms with van der Waals surface area (Å²) in [6.07, 6.45) is 1.41. The number of hydrogen-bond acceptors (Lipinski definition) is 4. The van der Waals surface area contributed by atoms with Gasteiger partial charge >= 0.3 is 5.51 Å². The van der Waals surface area contributed by atoms with Crippen LogP contribution in [-0.4, -0.2) is 37.9 Å². The second-order valence-electron chi connectivity index (χ2n) is 5.10. The number of nitrogens with two attached hydrogens (primary N) is 1. The van der Waals surface area contributed by atoms with Gasteiger partial charge in [0, 0.05) is 18.0 Å². The van der Waals surface area contributed by atoms with E-state index in [0.29, 0.717) is 38.4 Å². The number of hydrogen-bond donors (Lipinski definition) is 1. The summed E-state index contributed by atoms with van der Waals surface area (Å²) in [5.74, 6) is 0.331. The van der Waals surface area contributed by atoms with E-state index in [1.54, 1.807) is 0 Å². The van der Waals surface area contributed by atoms with Gasteiger partial charge in [-0.25, -0.2) is 8.42 Å². The van der Waals surface area contributed by atoms with Crippen LogP contribution in [0, 0.1) is 5.92 Å². The quantitative estimate of drug-likeness (QED) is 0.845. The van der Waals surface area contributed by atoms with Crippen molar-refractivity contribution in [3.05, 3.63) is 24.3 Å². The molecule has 9 heteroatoms. The molecule has 124 valence electrons. The molecule has 1 aliphatic heterocycles. The first-order valence-corrected chi connectivity index (χ1v) is 9.04. The number of halogens is 3. The standard InChI is InChI=1S/C13H17F3N2O2S2/c14-13(15,16)21-11-1-3-12(4-2-11)22(19,20)18-7-5-10(9-17)6-8-18/h1-4,10H,5-9,17H2. The summed E-state index contributed by atoms with van der Waals surface area (Å²) in [7, 11) is -3.65. The lowest BCUT2D eigenvalue weighted by atomic mass is 9.99. The van der Waals surface area contributed by atoms with Gasteiger partial charge in [0.1, 0.15) is 0 Å². The van der Waals surface area contributed by atoms with Crippen LogP contribution in [0.15, 0.2) is 34.1 Å². The molecule has 0 amide bonds. The molecule has 2 rings (SSSR count). The highest BCUT2D eigenvalue weighted by Crippen LogP contribution is 2.37. The van der Waals surface area contributed by atoms with Crippen LogP contribution in [0.5, 0.6) is 0 Å². The first-order valence-electron chi connectivity index (χ1n) is 6.78. The normalized spacial score (nSPS) is 18.5. The minimum absolute atomic E-state index is 0.0187. The molecule has 2 N–H and O–H groups in total. The van der Waals surface area contributed by atoms with Crippen LogP contribution in [0.4, 0.5) is 13.2 Å². The molecular formula is C13H17F3N2O2S2. The fraction of sp³-hybridized carbons (Fsp3) is 0.538. The fourth-order valence-electron chi connectivity index (χ4n) is 2.35. The third-order valence-corrected chi connectivity index (χ3v) is 6.25. The van der Waals surface area contributed by atoms with Crippen LogP contribution in [0.1, 0.15) is 12.8 Å². The van der Waals surface area contributed by atoms with E-state index in [0.717, 1.165) is 0 Å². The number of piperidine rings is 1. The molecule has 1 saturated heterocycles. The van der Waals surface area contributed by atoms with Gasteiger partial charge in [0.05, 0.1) is 4.90 Å². The van der Waals surface area contributed by atoms with Gasteiger partial charge in [-0.2, -0.15) is 17.5 Å². The minimum atomic E-state index is -4.38. The maximum atomic E-state index is 12.4. The zero-order chi connectivity index (χ0) is 16.4. The number of benzene rings is 1. The van der Waals surface area contributed by atoms with Crippen molar-refractivity contribution in [2.24, 2.45) is 11.7 Å². The second-order valence-corrected chi connectivity index (χ2v) is 8.18. The molecule has 0 bridgehead atoms. The highest BCUT2D eigenvalue weighted by molar-refractivity contribution is 8.00. The van der Waals surface area contributed by atoms with Crippen molar-refractivity contribution in [2.75, 3.05) is 19.6 Å². The van der Waals surface area contributed by atoms with E-state index in [2.05, 4.69) is 0 Å². The highest BCUT2D eigenvalue weighted by Gasteiger charge is 2.31. The molecule has 0 unspecified atom stereocenters. The van der Waals surface area contributed by atoms with Crippen molar-refractivity contribution >= 4 is 21.8 Å². The topological polar surface area (TPSA) is 63.4 Å². The van der Waals surface area contributed by atoms with Gasteiger partial charge in [0.25, 0.3) is 0 Å². The Morgan fingerprint density at radius 1 is 1.18 bits per heavy atom. The highest BCUT2D eigenvalue weighted by atomic mass is 32.2. The molecule has 0 aliphatic carbocycles. The number of thioether (sulfide) groups is 1. The molecule has 1 heterocycles. The molecule has 0 radical (unpaired) electrons. The largest absolute Gasteiger partial charge is 0.446 e. The molecule has 0 aromatic heterocycles. The number of nitrogens with zero attached hydrogens (tertiary/aromatic N) is 1. The molecule has 0 spiro atoms. The lowest BCUT2D eigenvalue weighted by Crippen LogP contribution is -2.39. The first kappa shape index (κ1) is 17.6. The maximum Gasteiger partial charge on any atom is 0.446 e. The lowest BCUT2D eigenvalue weighted by molar-refractivity contribution is -0.0328. The van der Waals surface area contributed by atoms with E-state index in [4.69, 9.17) is 5.73 Å². The Balaban J connectivity index is 2.10. The summed E-state index contributed by atoms with van der Waals surface area (Å²) in [5, 5.41) is 0. The Morgan fingerprint density at radius 2 is 1.73 bits per heavy atom. The molecule has 0 saturated carbocycles. The van der Waals surface area contributed by atoms with Crippen molar-refractivity contribution in [1.82, 2.24) is 4.31 Å². The minimum Gasteiger partial charge on any atom is -0.330 e. The van der Waals surface area contributed by atoms with Crippen molar-refractivity contribution in [3.63, 3.8) is 0 Å². The Kier molecular flexibility index (Phi) is 5.41. The molecule has 0 atom stereocenters. The van der Waals surface area contributed by atoms with Gasteiger partial charge in [0.15, 0.2) is 0 Å². The number of rotatable bonds is 4. The van der Waals surface area contributed by atoms with Crippen LogP contribution in [0.3, 0.4) is 0 Å². The second kappa shape index (κ2) is 6.77. The predicted octanol–water partition coefficient (Wildman–Crippen LogP) is 2.66. The molecule has 1 fully saturated rings. The van der Waals surface area contributed by atoms with Gasteiger partial charge < -0.3 is 5.73 Å². The van der Waals surface area contributed by atoms with Crippen molar-refractivity contribution < 1.29 is 21.6 Å². The Bertz CT molecular complexity index is 595. The molecule has 4 nitrogen and oxygen atoms in total. The van der Waals surface area contributed by atoms with Gasteiger partial charge in [-0.1, -0.05) is 0 Å². The summed E-state index contributed by atoms with van der Waals surface area (Å²) in [6, 6.07) is 4.80. The first-order chi connectivity index (χ1) is 10.2. The molecular weight excluding hydrogens is 337 g/mol. The van der Waals surface area contributed by atoms with Crippen molar-refractivity contribution in [3.8, 4) is 0 Å². The Morgan fingerprint density at radius 3 is 2.18 bits per heavy atom. The van der Waals surface area contributed by atoms with Crippen molar-refractivity contribution in [2.45, 2.75) is 28.1 Å². The van der Waals surface area contributed by atoms with Gasteiger partial charge in [-0.05, 0) is 61.3 Å². The van der Waals surface area contributed by atoms with Gasteiger partial charge in [0.2, 0.25) is 10.0 Å². The predicted molar refractivity (Wildman–Crippen MR) is 78.9 cm³/mol. The van der Waals surface area contributed by atoms with Crippen molar-refractivity contribution in [1.29, 1.82) is 0 Å². The third-order valence-electron chi connectivity index (χ3n) is 3.60. The molecule has 1 aliphatic rings. The van der Waals surface area contributed by atoms with Crippen LogP contribution < -0.4 is 5.73 Å². The van der Waals surface area contributed by atoms with E-state index in [9.17, 15) is 21.6 Å². The van der Waals surface area contributed by atoms with E-state index < -0.39 is 15.5 Å². The Hall–Kier alpha value is -0.770. The van der Waals surface area contributed by atoms with Gasteiger partial charge in [-0.15, -0.1) is 0 Å². The van der Waals surface area contributed by atoms with E-state index in [-0.39, 0.29) is 21.6 Å².